The van der Waals surface area contributed by atoms with Gasteiger partial charge in [-0.05, 0) is 47.6 Å². The summed E-state index contributed by atoms with van der Waals surface area (Å²) in [5, 5.41) is 19.2. The van der Waals surface area contributed by atoms with E-state index >= 15 is 0 Å². The normalized spacial score (nSPS) is 13.3. The average molecular weight is 323 g/mol. The van der Waals surface area contributed by atoms with Crippen LogP contribution in [0.2, 0.25) is 0 Å². The number of aromatic nitrogens is 3. The molecule has 126 valence electrons. The number of phenolic OH excluding ortho intramolecular Hbond substituents is 1. The van der Waals surface area contributed by atoms with Gasteiger partial charge < -0.3 is 5.11 Å². The Bertz CT molecular complexity index is 812. The molecule has 1 N–H and O–H groups in total. The highest BCUT2D eigenvalue weighted by molar-refractivity contribution is 5.73. The maximum atomic E-state index is 10.2. The highest BCUT2D eigenvalue weighted by atomic mass is 16.3. The van der Waals surface area contributed by atoms with Gasteiger partial charge in [-0.15, -0.1) is 0 Å². The summed E-state index contributed by atoms with van der Waals surface area (Å²) >= 11 is 0. The van der Waals surface area contributed by atoms with Crippen molar-refractivity contribution in [3.63, 3.8) is 0 Å². The quantitative estimate of drug-likeness (QED) is 0.755. The summed E-state index contributed by atoms with van der Waals surface area (Å²) < 4.78 is 0. The molecule has 4 nitrogen and oxygen atoms in total. The summed E-state index contributed by atoms with van der Waals surface area (Å²) in [4.78, 5) is 1.65. The Hall–Kier alpha value is -2.36. The first-order chi connectivity index (χ1) is 11.3. The van der Waals surface area contributed by atoms with E-state index in [2.05, 4.69) is 44.0 Å². The van der Waals surface area contributed by atoms with Gasteiger partial charge in [-0.1, -0.05) is 45.9 Å². The van der Waals surface area contributed by atoms with Gasteiger partial charge in [0.05, 0.1) is 6.54 Å². The fourth-order valence-electron chi connectivity index (χ4n) is 3.20. The molecule has 1 aromatic heterocycles. The van der Waals surface area contributed by atoms with Crippen LogP contribution in [0.3, 0.4) is 0 Å². The van der Waals surface area contributed by atoms with Crippen molar-refractivity contribution in [3.8, 4) is 5.75 Å². The molecular formula is C20H25N3O. The molecule has 0 saturated heterocycles. The molecule has 1 heterocycles. The molecule has 0 aliphatic heterocycles. The van der Waals surface area contributed by atoms with Crippen LogP contribution >= 0.6 is 0 Å². The van der Waals surface area contributed by atoms with Crippen molar-refractivity contribution in [3.05, 3.63) is 53.6 Å². The fraction of sp³-hybridized carbons (Fsp3) is 0.400. The second-order valence-electron chi connectivity index (χ2n) is 7.77. The Morgan fingerprint density at radius 2 is 1.67 bits per heavy atom. The number of phenols is 1. The van der Waals surface area contributed by atoms with E-state index in [1.54, 1.807) is 10.9 Å². The second kappa shape index (κ2) is 6.27. The van der Waals surface area contributed by atoms with Crippen LogP contribution in [0.1, 0.15) is 51.2 Å². The number of fused-ring (bicyclic) bond motifs is 1. The molecule has 0 radical (unpaired) electrons. The van der Waals surface area contributed by atoms with Crippen molar-refractivity contribution in [2.75, 3.05) is 0 Å². The lowest BCUT2D eigenvalue weighted by Crippen LogP contribution is -2.10. The Morgan fingerprint density at radius 1 is 1.04 bits per heavy atom. The molecule has 0 bridgehead atoms. The van der Waals surface area contributed by atoms with Crippen molar-refractivity contribution in [1.82, 2.24) is 15.0 Å². The smallest absolute Gasteiger partial charge is 0.120 e. The summed E-state index contributed by atoms with van der Waals surface area (Å²) in [5.74, 6) is 0.733. The molecule has 0 fully saturated rings. The molecule has 0 aliphatic rings. The largest absolute Gasteiger partial charge is 0.508 e. The molecule has 2 aromatic carbocycles. The lowest BCUT2D eigenvalue weighted by molar-refractivity contribution is 0.348. The van der Waals surface area contributed by atoms with Gasteiger partial charge in [-0.2, -0.15) is 15.0 Å². The third-order valence-corrected chi connectivity index (χ3v) is 4.23. The zero-order chi connectivity index (χ0) is 17.3. The van der Waals surface area contributed by atoms with Crippen molar-refractivity contribution in [2.24, 2.45) is 5.41 Å². The zero-order valence-electron chi connectivity index (χ0n) is 14.8. The van der Waals surface area contributed by atoms with Crippen LogP contribution in [0.5, 0.6) is 5.75 Å². The van der Waals surface area contributed by atoms with Crippen LogP contribution < -0.4 is 0 Å². The number of rotatable bonds is 4. The molecule has 3 rings (SSSR count). The maximum Gasteiger partial charge on any atom is 0.120 e. The van der Waals surface area contributed by atoms with Crippen molar-refractivity contribution in [1.29, 1.82) is 0 Å². The molecule has 0 saturated carbocycles. The summed E-state index contributed by atoms with van der Waals surface area (Å²) in [6, 6.07) is 13.7. The lowest BCUT2D eigenvalue weighted by Gasteiger charge is -2.24. The van der Waals surface area contributed by atoms with Gasteiger partial charge in [0.15, 0.2) is 0 Å². The van der Waals surface area contributed by atoms with E-state index in [1.807, 2.05) is 30.3 Å². The Kier molecular flexibility index (Phi) is 4.31. The minimum absolute atomic E-state index is 0.277. The van der Waals surface area contributed by atoms with Gasteiger partial charge in [-0.3, -0.25) is 0 Å². The standard InChI is InChI=1S/C20H25N3O/c1-14(12-20(2,3)4)15-9-10-19(24)16(11-15)13-23-21-17-7-5-6-8-18(17)22-23/h5-11,14,24H,12-13H2,1-4H3. The lowest BCUT2D eigenvalue weighted by atomic mass is 9.82. The third-order valence-electron chi connectivity index (χ3n) is 4.23. The minimum Gasteiger partial charge on any atom is -0.508 e. The number of hydrogen-bond donors (Lipinski definition) is 1. The van der Waals surface area contributed by atoms with Gasteiger partial charge in [0.25, 0.3) is 0 Å². The number of benzene rings is 2. The first-order valence-electron chi connectivity index (χ1n) is 8.43. The number of nitrogens with zero attached hydrogens (tertiary/aromatic N) is 3. The van der Waals surface area contributed by atoms with E-state index in [1.165, 1.54) is 5.56 Å². The molecule has 3 aromatic rings. The summed E-state index contributed by atoms with van der Waals surface area (Å²) in [7, 11) is 0. The van der Waals surface area contributed by atoms with Gasteiger partial charge in [0.1, 0.15) is 16.8 Å². The van der Waals surface area contributed by atoms with Crippen molar-refractivity contribution >= 4 is 11.0 Å². The summed E-state index contributed by atoms with van der Waals surface area (Å²) in [5.41, 5.74) is 4.12. The molecule has 4 heteroatoms. The van der Waals surface area contributed by atoms with Crippen LogP contribution in [0.4, 0.5) is 0 Å². The minimum atomic E-state index is 0.277. The van der Waals surface area contributed by atoms with Crippen molar-refractivity contribution in [2.45, 2.75) is 46.6 Å². The predicted molar refractivity (Wildman–Crippen MR) is 97.2 cm³/mol. The topological polar surface area (TPSA) is 50.9 Å². The van der Waals surface area contributed by atoms with Gasteiger partial charge >= 0.3 is 0 Å². The van der Waals surface area contributed by atoms with Crippen LogP contribution in [0.15, 0.2) is 42.5 Å². The van der Waals surface area contributed by atoms with Crippen LogP contribution in [0, 0.1) is 5.41 Å². The number of aromatic hydroxyl groups is 1. The third kappa shape index (κ3) is 3.75. The Labute approximate surface area is 143 Å². The van der Waals surface area contributed by atoms with Crippen molar-refractivity contribution < 1.29 is 5.11 Å². The van der Waals surface area contributed by atoms with E-state index < -0.39 is 0 Å². The number of hydrogen-bond acceptors (Lipinski definition) is 3. The summed E-state index contributed by atoms with van der Waals surface area (Å²) in [6.07, 6.45) is 1.10. The highest BCUT2D eigenvalue weighted by Crippen LogP contribution is 2.32. The van der Waals surface area contributed by atoms with Gasteiger partial charge in [0.2, 0.25) is 0 Å². The molecule has 1 atom stereocenters. The van der Waals surface area contributed by atoms with Crippen LogP contribution in [0.25, 0.3) is 11.0 Å². The molecular weight excluding hydrogens is 298 g/mol. The monoisotopic (exact) mass is 323 g/mol. The maximum absolute atomic E-state index is 10.2. The van der Waals surface area contributed by atoms with Gasteiger partial charge in [0, 0.05) is 5.56 Å². The van der Waals surface area contributed by atoms with E-state index in [0.717, 1.165) is 23.0 Å². The van der Waals surface area contributed by atoms with E-state index in [9.17, 15) is 5.11 Å². The second-order valence-corrected chi connectivity index (χ2v) is 7.77. The molecule has 1 unspecified atom stereocenters. The molecule has 0 spiro atoms. The highest BCUT2D eigenvalue weighted by Gasteiger charge is 2.18. The Morgan fingerprint density at radius 3 is 2.25 bits per heavy atom. The van der Waals surface area contributed by atoms with E-state index in [4.69, 9.17) is 0 Å². The van der Waals surface area contributed by atoms with Crippen LogP contribution in [-0.4, -0.2) is 20.1 Å². The van der Waals surface area contributed by atoms with Crippen LogP contribution in [-0.2, 0) is 6.54 Å². The van der Waals surface area contributed by atoms with E-state index in [-0.39, 0.29) is 5.41 Å². The average Bonchev–Trinajstić information content (AvgIpc) is 2.90. The zero-order valence-corrected chi connectivity index (χ0v) is 14.8. The van der Waals surface area contributed by atoms with E-state index in [0.29, 0.717) is 18.2 Å². The van der Waals surface area contributed by atoms with Gasteiger partial charge in [-0.25, -0.2) is 0 Å². The first-order valence-corrected chi connectivity index (χ1v) is 8.43. The Balaban J connectivity index is 1.86. The molecule has 0 amide bonds. The summed E-state index contributed by atoms with van der Waals surface area (Å²) in [6.45, 7) is 9.47. The SMILES string of the molecule is CC(CC(C)(C)C)c1ccc(O)c(Cn2nc3ccccc3n2)c1. The predicted octanol–water partition coefficient (Wildman–Crippen LogP) is 4.72. The fourth-order valence-corrected chi connectivity index (χ4v) is 3.20. The molecule has 0 aliphatic carbocycles. The first kappa shape index (κ1) is 16.5. The molecule has 24 heavy (non-hydrogen) atoms.